The topological polar surface area (TPSA) is 50.4 Å². The summed E-state index contributed by atoms with van der Waals surface area (Å²) in [6.45, 7) is 6.84. The predicted octanol–water partition coefficient (Wildman–Crippen LogP) is 1.31. The van der Waals surface area contributed by atoms with Crippen LogP contribution in [0.15, 0.2) is 0 Å². The Morgan fingerprint density at radius 3 is 2.61 bits per heavy atom. The summed E-state index contributed by atoms with van der Waals surface area (Å²) in [7, 11) is 0. The molecule has 0 aromatic rings. The summed E-state index contributed by atoms with van der Waals surface area (Å²) in [4.78, 5) is 12.0. The van der Waals surface area contributed by atoms with Crippen LogP contribution in [0.2, 0.25) is 0 Å². The smallest absolute Gasteiger partial charge is 0.221 e. The first kappa shape index (κ1) is 13.8. The van der Waals surface area contributed by atoms with Crippen LogP contribution in [-0.2, 0) is 9.53 Å². The normalized spacial score (nSPS) is 37.2. The number of nitrogens with one attached hydrogen (secondary N) is 2. The molecule has 0 radical (unpaired) electrons. The summed E-state index contributed by atoms with van der Waals surface area (Å²) < 4.78 is 5.36. The van der Waals surface area contributed by atoms with Crippen LogP contribution in [0.25, 0.3) is 0 Å². The lowest BCUT2D eigenvalue weighted by Gasteiger charge is -2.32. The maximum atomic E-state index is 12.0. The number of hydrogen-bond acceptors (Lipinski definition) is 3. The van der Waals surface area contributed by atoms with Crippen LogP contribution in [0, 0.1) is 11.8 Å². The molecule has 1 heterocycles. The van der Waals surface area contributed by atoms with E-state index in [1.165, 1.54) is 6.42 Å². The summed E-state index contributed by atoms with van der Waals surface area (Å²) in [5.41, 5.74) is 0. The highest BCUT2D eigenvalue weighted by Gasteiger charge is 2.26. The zero-order chi connectivity index (χ0) is 13.0. The largest absolute Gasteiger partial charge is 0.378 e. The third-order valence-corrected chi connectivity index (χ3v) is 3.97. The second-order valence-corrected chi connectivity index (χ2v) is 6.11. The summed E-state index contributed by atoms with van der Waals surface area (Å²) in [6, 6.07) is 0.568. The quantitative estimate of drug-likeness (QED) is 0.798. The zero-order valence-corrected chi connectivity index (χ0v) is 11.6. The van der Waals surface area contributed by atoms with Gasteiger partial charge in [0, 0.05) is 25.0 Å². The lowest BCUT2D eigenvalue weighted by atomic mass is 9.80. The van der Waals surface area contributed by atoms with Crippen LogP contribution < -0.4 is 10.6 Å². The van der Waals surface area contributed by atoms with Gasteiger partial charge in [-0.3, -0.25) is 4.79 Å². The van der Waals surface area contributed by atoms with Crippen LogP contribution in [0.1, 0.15) is 39.5 Å². The molecular formula is C14H26N2O2. The number of carbonyl (C=O) groups excluding carboxylic acids is 1. The molecule has 2 N–H and O–H groups in total. The van der Waals surface area contributed by atoms with E-state index < -0.39 is 0 Å². The van der Waals surface area contributed by atoms with Gasteiger partial charge in [-0.15, -0.1) is 0 Å². The second kappa shape index (κ2) is 6.53. The molecule has 104 valence electrons. The van der Waals surface area contributed by atoms with Crippen molar-refractivity contribution in [3.8, 4) is 0 Å². The highest BCUT2D eigenvalue weighted by molar-refractivity contribution is 5.76. The lowest BCUT2D eigenvalue weighted by Crippen LogP contribution is -2.46. The average molecular weight is 254 g/mol. The van der Waals surface area contributed by atoms with Gasteiger partial charge in [-0.25, -0.2) is 0 Å². The van der Waals surface area contributed by atoms with Gasteiger partial charge < -0.3 is 15.4 Å². The molecule has 1 aliphatic heterocycles. The van der Waals surface area contributed by atoms with E-state index in [0.29, 0.717) is 19.1 Å². The van der Waals surface area contributed by atoms with Crippen molar-refractivity contribution in [2.45, 2.75) is 51.6 Å². The fourth-order valence-electron chi connectivity index (χ4n) is 3.33. The number of ether oxygens (including phenoxy) is 1. The molecule has 0 aromatic heterocycles. The minimum atomic E-state index is 0.171. The van der Waals surface area contributed by atoms with Crippen LogP contribution >= 0.6 is 0 Å². The molecule has 2 fully saturated rings. The standard InChI is InChI=1S/C14H26N2O2/c1-10-5-11(2)7-12(6-10)16-14(17)8-13-9-18-4-3-15-13/h10-13,15H,3-9H2,1-2H3,(H,16,17). The van der Waals surface area contributed by atoms with Crippen molar-refractivity contribution >= 4 is 5.91 Å². The third-order valence-electron chi connectivity index (χ3n) is 3.97. The maximum absolute atomic E-state index is 12.0. The number of morpholine rings is 1. The number of rotatable bonds is 3. The average Bonchev–Trinajstić information content (AvgIpc) is 2.28. The van der Waals surface area contributed by atoms with Crippen LogP contribution in [0.3, 0.4) is 0 Å². The number of carbonyl (C=O) groups is 1. The van der Waals surface area contributed by atoms with E-state index in [2.05, 4.69) is 24.5 Å². The van der Waals surface area contributed by atoms with Crippen molar-refractivity contribution in [2.75, 3.05) is 19.8 Å². The van der Waals surface area contributed by atoms with Gasteiger partial charge in [0.1, 0.15) is 0 Å². The van der Waals surface area contributed by atoms with Crippen molar-refractivity contribution in [1.29, 1.82) is 0 Å². The molecule has 3 atom stereocenters. The van der Waals surface area contributed by atoms with Gasteiger partial charge in [0.15, 0.2) is 0 Å². The monoisotopic (exact) mass is 254 g/mol. The molecule has 0 bridgehead atoms. The summed E-state index contributed by atoms with van der Waals surface area (Å²) >= 11 is 0. The first-order valence-corrected chi connectivity index (χ1v) is 7.24. The molecule has 1 aliphatic carbocycles. The zero-order valence-electron chi connectivity index (χ0n) is 11.6. The molecule has 1 saturated heterocycles. The number of hydrogen-bond donors (Lipinski definition) is 2. The van der Waals surface area contributed by atoms with E-state index in [1.54, 1.807) is 0 Å². The maximum Gasteiger partial charge on any atom is 0.221 e. The van der Waals surface area contributed by atoms with Gasteiger partial charge >= 0.3 is 0 Å². The van der Waals surface area contributed by atoms with Gasteiger partial charge in [-0.05, 0) is 31.1 Å². The summed E-state index contributed by atoms with van der Waals surface area (Å²) in [6.07, 6.45) is 4.10. The molecule has 1 saturated carbocycles. The molecule has 2 aliphatic rings. The molecule has 18 heavy (non-hydrogen) atoms. The summed E-state index contributed by atoms with van der Waals surface area (Å²) in [5.74, 6) is 1.63. The number of amides is 1. The minimum Gasteiger partial charge on any atom is -0.378 e. The third kappa shape index (κ3) is 4.25. The van der Waals surface area contributed by atoms with E-state index >= 15 is 0 Å². The van der Waals surface area contributed by atoms with Crippen molar-refractivity contribution in [3.63, 3.8) is 0 Å². The van der Waals surface area contributed by atoms with Gasteiger partial charge in [0.25, 0.3) is 0 Å². The Labute approximate surface area is 110 Å². The first-order valence-electron chi connectivity index (χ1n) is 7.24. The van der Waals surface area contributed by atoms with Crippen molar-refractivity contribution < 1.29 is 9.53 Å². The van der Waals surface area contributed by atoms with Crippen LogP contribution in [-0.4, -0.2) is 37.7 Å². The molecular weight excluding hydrogens is 228 g/mol. The highest BCUT2D eigenvalue weighted by Crippen LogP contribution is 2.28. The Bertz CT molecular complexity index is 267. The van der Waals surface area contributed by atoms with E-state index in [4.69, 9.17) is 4.74 Å². The Morgan fingerprint density at radius 1 is 1.28 bits per heavy atom. The van der Waals surface area contributed by atoms with Gasteiger partial charge in [-0.1, -0.05) is 13.8 Å². The Morgan fingerprint density at radius 2 is 2.00 bits per heavy atom. The molecule has 0 spiro atoms. The second-order valence-electron chi connectivity index (χ2n) is 6.11. The Kier molecular flexibility index (Phi) is 5.01. The van der Waals surface area contributed by atoms with Crippen molar-refractivity contribution in [2.24, 2.45) is 11.8 Å². The lowest BCUT2D eigenvalue weighted by molar-refractivity contribution is -0.123. The van der Waals surface area contributed by atoms with E-state index in [0.717, 1.165) is 37.8 Å². The predicted molar refractivity (Wildman–Crippen MR) is 71.3 cm³/mol. The van der Waals surface area contributed by atoms with Gasteiger partial charge in [-0.2, -0.15) is 0 Å². The van der Waals surface area contributed by atoms with Gasteiger partial charge in [0.2, 0.25) is 5.91 Å². The van der Waals surface area contributed by atoms with Crippen molar-refractivity contribution in [1.82, 2.24) is 10.6 Å². The Balaban J connectivity index is 1.72. The van der Waals surface area contributed by atoms with E-state index in [1.807, 2.05) is 0 Å². The minimum absolute atomic E-state index is 0.171. The van der Waals surface area contributed by atoms with Crippen LogP contribution in [0.4, 0.5) is 0 Å². The fraction of sp³-hybridized carbons (Fsp3) is 0.929. The SMILES string of the molecule is CC1CC(C)CC(NC(=O)CC2COCCN2)C1. The molecule has 2 rings (SSSR count). The fourth-order valence-corrected chi connectivity index (χ4v) is 3.33. The van der Waals surface area contributed by atoms with Crippen molar-refractivity contribution in [3.05, 3.63) is 0 Å². The molecule has 1 amide bonds. The Hall–Kier alpha value is -0.610. The molecule has 4 nitrogen and oxygen atoms in total. The van der Waals surface area contributed by atoms with E-state index in [9.17, 15) is 4.79 Å². The van der Waals surface area contributed by atoms with E-state index in [-0.39, 0.29) is 11.9 Å². The molecule has 3 unspecified atom stereocenters. The van der Waals surface area contributed by atoms with Gasteiger partial charge in [0.05, 0.1) is 13.2 Å². The molecule has 4 heteroatoms. The van der Waals surface area contributed by atoms with Crippen LogP contribution in [0.5, 0.6) is 0 Å². The highest BCUT2D eigenvalue weighted by atomic mass is 16.5. The summed E-state index contributed by atoms with van der Waals surface area (Å²) in [5, 5.41) is 6.51. The molecule has 0 aromatic carbocycles. The first-order chi connectivity index (χ1) is 8.63.